The van der Waals surface area contributed by atoms with Crippen molar-refractivity contribution < 1.29 is 0 Å². The normalized spacial score (nSPS) is 15.1. The van der Waals surface area contributed by atoms with Crippen LogP contribution in [0.3, 0.4) is 0 Å². The van der Waals surface area contributed by atoms with E-state index in [1.165, 1.54) is 24.0 Å². The molecule has 6 heteroatoms. The van der Waals surface area contributed by atoms with E-state index >= 15 is 0 Å². The van der Waals surface area contributed by atoms with E-state index in [-0.39, 0.29) is 0 Å². The zero-order valence-electron chi connectivity index (χ0n) is 17.8. The zero-order valence-corrected chi connectivity index (χ0v) is 17.8. The van der Waals surface area contributed by atoms with Gasteiger partial charge in [0.1, 0.15) is 5.82 Å². The van der Waals surface area contributed by atoms with Crippen molar-refractivity contribution in [3.05, 3.63) is 83.4 Å². The van der Waals surface area contributed by atoms with Gasteiger partial charge in [-0.2, -0.15) is 0 Å². The van der Waals surface area contributed by atoms with E-state index in [4.69, 9.17) is 4.99 Å². The number of benzene rings is 2. The topological polar surface area (TPSA) is 67.1 Å². The fourth-order valence-electron chi connectivity index (χ4n) is 3.59. The average Bonchev–Trinajstić information content (AvgIpc) is 3.47. The fourth-order valence-corrected chi connectivity index (χ4v) is 3.59. The Bertz CT molecular complexity index is 973. The molecule has 0 amide bonds. The van der Waals surface area contributed by atoms with Crippen LogP contribution in [-0.2, 0) is 26.6 Å². The Morgan fingerprint density at radius 3 is 2.23 bits per heavy atom. The highest BCUT2D eigenvalue weighted by molar-refractivity contribution is 5.79. The Kier molecular flexibility index (Phi) is 6.12. The Morgan fingerprint density at radius 1 is 0.967 bits per heavy atom. The highest BCUT2D eigenvalue weighted by Gasteiger charge is 2.42. The summed E-state index contributed by atoms with van der Waals surface area (Å²) in [5.74, 6) is 2.62. The first kappa shape index (κ1) is 20.1. The molecule has 0 radical (unpaired) electrons. The van der Waals surface area contributed by atoms with Gasteiger partial charge in [0.05, 0.1) is 13.1 Å². The van der Waals surface area contributed by atoms with Gasteiger partial charge in [0.25, 0.3) is 0 Å². The van der Waals surface area contributed by atoms with E-state index in [9.17, 15) is 0 Å². The number of aryl methyl sites for hydroxylation is 1. The Hall–Kier alpha value is -3.15. The third kappa shape index (κ3) is 5.26. The van der Waals surface area contributed by atoms with Crippen molar-refractivity contribution in [2.45, 2.75) is 39.3 Å². The van der Waals surface area contributed by atoms with Crippen molar-refractivity contribution >= 4 is 5.96 Å². The molecule has 4 rings (SSSR count). The van der Waals surface area contributed by atoms with Gasteiger partial charge in [0, 0.05) is 13.6 Å². The molecule has 156 valence electrons. The second-order valence-electron chi connectivity index (χ2n) is 8.24. The number of hydrogen-bond acceptors (Lipinski definition) is 3. The van der Waals surface area contributed by atoms with Crippen molar-refractivity contribution in [2.75, 3.05) is 6.54 Å². The third-order valence-corrected chi connectivity index (χ3v) is 5.87. The summed E-state index contributed by atoms with van der Waals surface area (Å²) >= 11 is 0. The predicted molar refractivity (Wildman–Crippen MR) is 120 cm³/mol. The van der Waals surface area contributed by atoms with Crippen LogP contribution in [0.5, 0.6) is 0 Å². The Morgan fingerprint density at radius 2 is 1.63 bits per heavy atom. The van der Waals surface area contributed by atoms with Crippen molar-refractivity contribution in [3.63, 3.8) is 0 Å². The molecule has 0 aliphatic heterocycles. The zero-order chi connectivity index (χ0) is 20.8. The van der Waals surface area contributed by atoms with E-state index in [1.807, 2.05) is 36.7 Å². The van der Waals surface area contributed by atoms with Crippen LogP contribution in [0, 0.1) is 12.3 Å². The van der Waals surface area contributed by atoms with E-state index in [0.717, 1.165) is 30.6 Å². The van der Waals surface area contributed by atoms with Crippen molar-refractivity contribution in [1.82, 2.24) is 25.4 Å². The van der Waals surface area contributed by atoms with Crippen LogP contribution < -0.4 is 10.6 Å². The summed E-state index contributed by atoms with van der Waals surface area (Å²) in [6.07, 6.45) is 3.61. The SMILES string of the molecule is Cc1nnc(CNC(=NCc2ccccc2)NCC2(Cc3ccccc3)CC2)n1C. The molecule has 1 aliphatic carbocycles. The highest BCUT2D eigenvalue weighted by Crippen LogP contribution is 2.47. The van der Waals surface area contributed by atoms with E-state index in [0.29, 0.717) is 18.5 Å². The molecule has 0 saturated heterocycles. The summed E-state index contributed by atoms with van der Waals surface area (Å²) in [6.45, 7) is 4.10. The van der Waals surface area contributed by atoms with Gasteiger partial charge < -0.3 is 15.2 Å². The molecule has 0 unspecified atom stereocenters. The number of guanidine groups is 1. The molecule has 30 heavy (non-hydrogen) atoms. The summed E-state index contributed by atoms with van der Waals surface area (Å²) in [6, 6.07) is 21.1. The first-order chi connectivity index (χ1) is 14.6. The molecular weight excluding hydrogens is 372 g/mol. The minimum Gasteiger partial charge on any atom is -0.356 e. The van der Waals surface area contributed by atoms with Crippen LogP contribution in [0.2, 0.25) is 0 Å². The highest BCUT2D eigenvalue weighted by atomic mass is 15.3. The summed E-state index contributed by atoms with van der Waals surface area (Å²) < 4.78 is 2.00. The molecule has 1 aliphatic rings. The lowest BCUT2D eigenvalue weighted by Gasteiger charge is -2.19. The molecule has 0 spiro atoms. The molecule has 1 aromatic heterocycles. The molecule has 1 fully saturated rings. The number of nitrogens with zero attached hydrogens (tertiary/aromatic N) is 4. The summed E-state index contributed by atoms with van der Waals surface area (Å²) in [5.41, 5.74) is 2.93. The number of nitrogens with one attached hydrogen (secondary N) is 2. The molecule has 3 aromatic rings. The van der Waals surface area contributed by atoms with Gasteiger partial charge in [-0.1, -0.05) is 60.7 Å². The van der Waals surface area contributed by atoms with Crippen LogP contribution >= 0.6 is 0 Å². The van der Waals surface area contributed by atoms with Gasteiger partial charge >= 0.3 is 0 Å². The second kappa shape index (κ2) is 9.11. The maximum atomic E-state index is 4.82. The van der Waals surface area contributed by atoms with Gasteiger partial charge in [0.15, 0.2) is 11.8 Å². The molecular formula is C24H30N6. The molecule has 0 atom stereocenters. The lowest BCUT2D eigenvalue weighted by atomic mass is 9.96. The molecule has 2 aromatic carbocycles. The first-order valence-corrected chi connectivity index (χ1v) is 10.6. The van der Waals surface area contributed by atoms with Crippen molar-refractivity contribution in [2.24, 2.45) is 17.5 Å². The predicted octanol–water partition coefficient (Wildman–Crippen LogP) is 3.38. The molecule has 0 bridgehead atoms. The number of aromatic nitrogens is 3. The Labute approximate surface area is 178 Å². The quantitative estimate of drug-likeness (QED) is 0.448. The summed E-state index contributed by atoms with van der Waals surface area (Å²) in [7, 11) is 1.99. The van der Waals surface area contributed by atoms with Crippen LogP contribution in [0.1, 0.15) is 35.6 Å². The smallest absolute Gasteiger partial charge is 0.191 e. The molecule has 1 heterocycles. The Balaban J connectivity index is 1.41. The molecule has 2 N–H and O–H groups in total. The molecule has 6 nitrogen and oxygen atoms in total. The lowest BCUT2D eigenvalue weighted by molar-refractivity contribution is 0.491. The summed E-state index contributed by atoms with van der Waals surface area (Å²) in [5, 5.41) is 15.4. The number of rotatable bonds is 8. The maximum Gasteiger partial charge on any atom is 0.191 e. The van der Waals surface area contributed by atoms with Gasteiger partial charge in [0.2, 0.25) is 0 Å². The second-order valence-corrected chi connectivity index (χ2v) is 8.24. The number of hydrogen-bond donors (Lipinski definition) is 2. The number of aliphatic imine (C=N–C) groups is 1. The third-order valence-electron chi connectivity index (χ3n) is 5.87. The van der Waals surface area contributed by atoms with Crippen molar-refractivity contribution in [1.29, 1.82) is 0 Å². The average molecular weight is 403 g/mol. The van der Waals surface area contributed by atoms with Crippen LogP contribution in [-0.4, -0.2) is 27.3 Å². The summed E-state index contributed by atoms with van der Waals surface area (Å²) in [4.78, 5) is 4.82. The van der Waals surface area contributed by atoms with Crippen LogP contribution in [0.25, 0.3) is 0 Å². The fraction of sp³-hybridized carbons (Fsp3) is 0.375. The first-order valence-electron chi connectivity index (χ1n) is 10.6. The van der Waals surface area contributed by atoms with Gasteiger partial charge in [-0.05, 0) is 42.7 Å². The maximum absolute atomic E-state index is 4.82. The van der Waals surface area contributed by atoms with Gasteiger partial charge in [-0.15, -0.1) is 10.2 Å². The van der Waals surface area contributed by atoms with E-state index in [1.54, 1.807) is 0 Å². The minimum atomic E-state index is 0.331. The monoisotopic (exact) mass is 402 g/mol. The molecule has 1 saturated carbocycles. The lowest BCUT2D eigenvalue weighted by Crippen LogP contribution is -2.41. The van der Waals surface area contributed by atoms with Crippen LogP contribution in [0.4, 0.5) is 0 Å². The largest absolute Gasteiger partial charge is 0.356 e. The standard InChI is InChI=1S/C24H30N6/c1-19-28-29-22(30(19)2)17-26-23(25-16-21-11-7-4-8-12-21)27-18-24(13-14-24)15-20-9-5-3-6-10-20/h3-12H,13-18H2,1-2H3,(H2,25,26,27). The van der Waals surface area contributed by atoms with E-state index < -0.39 is 0 Å². The van der Waals surface area contributed by atoms with Gasteiger partial charge in [-0.25, -0.2) is 4.99 Å². The van der Waals surface area contributed by atoms with Crippen molar-refractivity contribution in [3.8, 4) is 0 Å². The van der Waals surface area contributed by atoms with Gasteiger partial charge in [-0.3, -0.25) is 0 Å². The minimum absolute atomic E-state index is 0.331. The van der Waals surface area contributed by atoms with Crippen LogP contribution in [0.15, 0.2) is 65.7 Å². The van der Waals surface area contributed by atoms with E-state index in [2.05, 4.69) is 63.3 Å².